The lowest BCUT2D eigenvalue weighted by atomic mass is 9.61. The highest BCUT2D eigenvalue weighted by molar-refractivity contribution is 5.77. The maximum Gasteiger partial charge on any atom is 0.460 e. The van der Waals surface area contributed by atoms with Crippen molar-refractivity contribution < 1.29 is 66.6 Å². The summed E-state index contributed by atoms with van der Waals surface area (Å²) < 4.78 is 175. The fraction of sp³-hybridized carbons (Fsp3) is 0.950. The molecule has 0 N–H and O–H groups in total. The van der Waals surface area contributed by atoms with Crippen LogP contribution >= 0.6 is 0 Å². The molecule has 35 heavy (non-hydrogen) atoms. The summed E-state index contributed by atoms with van der Waals surface area (Å²) in [6, 6.07) is 0. The van der Waals surface area contributed by atoms with Crippen LogP contribution in [0.4, 0.5) is 57.1 Å². The van der Waals surface area contributed by atoms with Gasteiger partial charge in [0.15, 0.2) is 0 Å². The summed E-state index contributed by atoms with van der Waals surface area (Å²) in [4.78, 5) is 12.6. The third kappa shape index (κ3) is 5.94. The topological polar surface area (TPSA) is 26.3 Å². The van der Waals surface area contributed by atoms with E-state index in [1.807, 2.05) is 0 Å². The number of carbonyl (C=O) groups excluding carboxylic acids is 1. The van der Waals surface area contributed by atoms with Crippen molar-refractivity contribution in [3.8, 4) is 0 Å². The molecule has 2 nitrogen and oxygen atoms in total. The van der Waals surface area contributed by atoms with Crippen molar-refractivity contribution in [1.82, 2.24) is 0 Å². The van der Waals surface area contributed by atoms with Gasteiger partial charge in [-0.1, -0.05) is 41.5 Å². The van der Waals surface area contributed by atoms with Gasteiger partial charge in [0, 0.05) is 0 Å². The van der Waals surface area contributed by atoms with Gasteiger partial charge in [0.25, 0.3) is 0 Å². The summed E-state index contributed by atoms with van der Waals surface area (Å²) in [5, 5.41) is 0. The first-order valence-electron chi connectivity index (χ1n) is 9.96. The van der Waals surface area contributed by atoms with Crippen molar-refractivity contribution in [2.75, 3.05) is 6.61 Å². The highest BCUT2D eigenvalue weighted by Gasteiger charge is 2.90. The van der Waals surface area contributed by atoms with Gasteiger partial charge in [0.1, 0.15) is 0 Å². The molecule has 0 amide bonds. The largest absolute Gasteiger partial charge is 0.465 e. The van der Waals surface area contributed by atoms with Crippen LogP contribution in [0.2, 0.25) is 0 Å². The van der Waals surface area contributed by atoms with Gasteiger partial charge in [-0.2, -0.15) is 57.1 Å². The van der Waals surface area contributed by atoms with Crippen molar-refractivity contribution in [2.45, 2.75) is 97.1 Å². The zero-order valence-corrected chi connectivity index (χ0v) is 19.9. The molecule has 0 aliphatic rings. The Balaban J connectivity index is 5.93. The van der Waals surface area contributed by atoms with Gasteiger partial charge in [-0.05, 0) is 24.2 Å². The number of ether oxygens (including phenoxy) is 1. The van der Waals surface area contributed by atoms with Crippen LogP contribution in [0.3, 0.4) is 0 Å². The van der Waals surface area contributed by atoms with Crippen LogP contribution in [0.25, 0.3) is 0 Å². The highest BCUT2D eigenvalue weighted by atomic mass is 19.4. The smallest absolute Gasteiger partial charge is 0.460 e. The van der Waals surface area contributed by atoms with Gasteiger partial charge in [0.05, 0.1) is 18.4 Å². The predicted molar refractivity (Wildman–Crippen MR) is 98.0 cm³/mol. The van der Waals surface area contributed by atoms with E-state index in [1.165, 1.54) is 6.92 Å². The molecule has 0 aromatic heterocycles. The third-order valence-corrected chi connectivity index (χ3v) is 5.64. The van der Waals surface area contributed by atoms with E-state index in [0.29, 0.717) is 0 Å². The lowest BCUT2D eigenvalue weighted by molar-refractivity contribution is -0.440. The summed E-state index contributed by atoms with van der Waals surface area (Å²) in [6.07, 6.45) is -9.98. The van der Waals surface area contributed by atoms with E-state index in [-0.39, 0.29) is 6.42 Å². The molecular weight excluding hydrogens is 519 g/mol. The minimum Gasteiger partial charge on any atom is -0.465 e. The van der Waals surface area contributed by atoms with Crippen molar-refractivity contribution in [3.63, 3.8) is 0 Å². The van der Waals surface area contributed by atoms with Gasteiger partial charge in [-0.15, -0.1) is 0 Å². The van der Waals surface area contributed by atoms with Gasteiger partial charge in [0.2, 0.25) is 0 Å². The Hall–Kier alpha value is -1.44. The number of hydrogen-bond acceptors (Lipinski definition) is 2. The van der Waals surface area contributed by atoms with E-state index >= 15 is 0 Å². The lowest BCUT2D eigenvalue weighted by Gasteiger charge is -2.43. The molecule has 0 heterocycles. The molecule has 0 fully saturated rings. The first-order valence-corrected chi connectivity index (χ1v) is 9.96. The molecule has 1 atom stereocenters. The molecule has 0 aliphatic carbocycles. The lowest BCUT2D eigenvalue weighted by Crippen LogP contribution is -2.70. The van der Waals surface area contributed by atoms with E-state index in [1.54, 1.807) is 41.5 Å². The SMILES string of the molecule is CC(C)(C)CC(C)(C(=O)OCCC(F)(F)C(F)(F)C(F)(F)C(F)(F)C(F)(F)C(F)(F)F)C(C)(C)C. The van der Waals surface area contributed by atoms with E-state index in [4.69, 9.17) is 0 Å². The summed E-state index contributed by atoms with van der Waals surface area (Å²) in [7, 11) is 0. The van der Waals surface area contributed by atoms with Gasteiger partial charge < -0.3 is 4.74 Å². The molecule has 0 bridgehead atoms. The normalized spacial score (nSPS) is 17.3. The Morgan fingerprint density at radius 3 is 1.29 bits per heavy atom. The minimum atomic E-state index is -7.96. The Morgan fingerprint density at radius 2 is 0.971 bits per heavy atom. The molecule has 210 valence electrons. The summed E-state index contributed by atoms with van der Waals surface area (Å²) >= 11 is 0. The molecule has 0 saturated heterocycles. The molecule has 0 aromatic rings. The van der Waals surface area contributed by atoms with E-state index in [9.17, 15) is 61.9 Å². The number of esters is 1. The van der Waals surface area contributed by atoms with Gasteiger partial charge in [-0.3, -0.25) is 4.79 Å². The minimum absolute atomic E-state index is 0.0612. The van der Waals surface area contributed by atoms with E-state index < -0.39 is 71.0 Å². The number of halogens is 13. The fourth-order valence-electron chi connectivity index (χ4n) is 3.09. The molecule has 0 radical (unpaired) electrons. The van der Waals surface area contributed by atoms with Crippen LogP contribution < -0.4 is 0 Å². The van der Waals surface area contributed by atoms with Crippen LogP contribution in [0.15, 0.2) is 0 Å². The maximum absolute atomic E-state index is 13.9. The number of alkyl halides is 13. The van der Waals surface area contributed by atoms with Gasteiger partial charge in [-0.25, -0.2) is 0 Å². The molecular formula is C20H27F13O2. The third-order valence-electron chi connectivity index (χ3n) is 5.64. The number of rotatable bonds is 9. The molecule has 0 spiro atoms. The Morgan fingerprint density at radius 1 is 0.600 bits per heavy atom. The van der Waals surface area contributed by atoms with Crippen LogP contribution in [-0.2, 0) is 9.53 Å². The van der Waals surface area contributed by atoms with Crippen LogP contribution in [0, 0.1) is 16.2 Å². The molecule has 0 rings (SSSR count). The number of hydrogen-bond donors (Lipinski definition) is 0. The Kier molecular flexibility index (Phi) is 8.77. The summed E-state index contributed by atoms with van der Waals surface area (Å²) in [6.45, 7) is 9.31. The quantitative estimate of drug-likeness (QED) is 0.216. The van der Waals surface area contributed by atoms with Crippen molar-refractivity contribution in [3.05, 3.63) is 0 Å². The predicted octanol–water partition coefficient (Wildman–Crippen LogP) is 8.15. The van der Waals surface area contributed by atoms with E-state index in [0.717, 1.165) is 0 Å². The highest BCUT2D eigenvalue weighted by Crippen LogP contribution is 2.60. The second-order valence-corrected chi connectivity index (χ2v) is 10.7. The standard InChI is InChI=1S/C20H27F13O2/c1-12(2,3)10-14(7,13(4,5)6)11(34)35-9-8-15(21,22)16(23,24)17(25,26)18(27,28)19(29,30)20(31,32)33/h8-10H2,1-7H3. The molecule has 0 aromatic carbocycles. The summed E-state index contributed by atoms with van der Waals surface area (Å²) in [5.74, 6) is -38.5. The van der Waals surface area contributed by atoms with E-state index in [2.05, 4.69) is 4.74 Å². The second-order valence-electron chi connectivity index (χ2n) is 10.7. The van der Waals surface area contributed by atoms with Crippen LogP contribution in [0.1, 0.15) is 61.3 Å². The monoisotopic (exact) mass is 546 g/mol. The second kappa shape index (κ2) is 9.14. The Labute approximate surface area is 193 Å². The van der Waals surface area contributed by atoms with Gasteiger partial charge >= 0.3 is 41.8 Å². The first-order chi connectivity index (χ1) is 14.8. The van der Waals surface area contributed by atoms with Crippen molar-refractivity contribution in [1.29, 1.82) is 0 Å². The summed E-state index contributed by atoms with van der Waals surface area (Å²) in [5.41, 5.74) is -2.92. The first kappa shape index (κ1) is 33.6. The zero-order valence-electron chi connectivity index (χ0n) is 19.9. The number of carbonyl (C=O) groups is 1. The maximum atomic E-state index is 13.9. The zero-order chi connectivity index (χ0) is 28.9. The van der Waals surface area contributed by atoms with Crippen LogP contribution in [0.5, 0.6) is 0 Å². The average molecular weight is 546 g/mol. The van der Waals surface area contributed by atoms with Crippen molar-refractivity contribution in [2.24, 2.45) is 16.2 Å². The Bertz CT molecular complexity index is 758. The molecule has 0 saturated carbocycles. The average Bonchev–Trinajstić information content (AvgIpc) is 2.57. The molecule has 0 aliphatic heterocycles. The molecule has 1 unspecified atom stereocenters. The fourth-order valence-corrected chi connectivity index (χ4v) is 3.09. The van der Waals surface area contributed by atoms with Crippen LogP contribution in [-0.4, -0.2) is 48.4 Å². The van der Waals surface area contributed by atoms with Crippen molar-refractivity contribution >= 4 is 5.97 Å². The molecule has 15 heteroatoms.